The minimum atomic E-state index is -0.462. The number of carbonyl (C=O) groups excluding carboxylic acids is 1. The molecular formula is C19H20N2O3S. The second-order valence-corrected chi connectivity index (χ2v) is 7.52. The topological polar surface area (TPSA) is 72.2 Å². The number of benzene rings is 2. The van der Waals surface area contributed by atoms with Gasteiger partial charge in [0.15, 0.2) is 0 Å². The second-order valence-electron chi connectivity index (χ2n) is 6.18. The Bertz CT molecular complexity index is 801. The molecule has 0 heterocycles. The van der Waals surface area contributed by atoms with E-state index in [0.29, 0.717) is 16.4 Å². The number of para-hydroxylation sites is 1. The predicted molar refractivity (Wildman–Crippen MR) is 100 cm³/mol. The van der Waals surface area contributed by atoms with E-state index >= 15 is 0 Å². The Labute approximate surface area is 151 Å². The van der Waals surface area contributed by atoms with Crippen molar-refractivity contribution < 1.29 is 9.72 Å². The molecule has 1 aliphatic carbocycles. The molecule has 0 bridgehead atoms. The summed E-state index contributed by atoms with van der Waals surface area (Å²) in [6.07, 6.45) is 4.94. The van der Waals surface area contributed by atoms with Crippen molar-refractivity contribution in [2.45, 2.75) is 42.8 Å². The molecule has 0 spiro atoms. The third-order valence-corrected chi connectivity index (χ3v) is 5.89. The van der Waals surface area contributed by atoms with E-state index in [-0.39, 0.29) is 11.6 Å². The highest BCUT2D eigenvalue weighted by Gasteiger charge is 2.20. The van der Waals surface area contributed by atoms with E-state index < -0.39 is 4.92 Å². The first-order valence-electron chi connectivity index (χ1n) is 8.37. The van der Waals surface area contributed by atoms with Gasteiger partial charge in [0.05, 0.1) is 10.6 Å². The van der Waals surface area contributed by atoms with Crippen molar-refractivity contribution in [3.8, 4) is 0 Å². The van der Waals surface area contributed by atoms with Crippen molar-refractivity contribution in [2.24, 2.45) is 0 Å². The van der Waals surface area contributed by atoms with E-state index in [2.05, 4.69) is 5.32 Å². The fourth-order valence-electron chi connectivity index (χ4n) is 3.12. The lowest BCUT2D eigenvalue weighted by Gasteiger charge is -2.14. The summed E-state index contributed by atoms with van der Waals surface area (Å²) in [5.41, 5.74) is 1.43. The quantitative estimate of drug-likeness (QED) is 0.591. The summed E-state index contributed by atoms with van der Waals surface area (Å²) in [6, 6.07) is 12.3. The Morgan fingerprint density at radius 2 is 1.88 bits per heavy atom. The van der Waals surface area contributed by atoms with Crippen molar-refractivity contribution in [3.63, 3.8) is 0 Å². The monoisotopic (exact) mass is 356 g/mol. The normalized spacial score (nSPS) is 14.4. The Balaban J connectivity index is 1.82. The molecule has 6 heteroatoms. The molecule has 1 amide bonds. The van der Waals surface area contributed by atoms with Gasteiger partial charge in [-0.2, -0.15) is 0 Å². The lowest BCUT2D eigenvalue weighted by molar-refractivity contribution is -0.385. The van der Waals surface area contributed by atoms with Crippen LogP contribution in [0.2, 0.25) is 0 Å². The van der Waals surface area contributed by atoms with Gasteiger partial charge in [-0.25, -0.2) is 0 Å². The van der Waals surface area contributed by atoms with Crippen LogP contribution in [0.25, 0.3) is 0 Å². The number of carbonyl (C=O) groups is 1. The maximum atomic E-state index is 12.7. The van der Waals surface area contributed by atoms with Crippen LogP contribution in [0, 0.1) is 17.0 Å². The zero-order valence-corrected chi connectivity index (χ0v) is 14.8. The highest BCUT2D eigenvalue weighted by atomic mass is 32.2. The first kappa shape index (κ1) is 17.5. The van der Waals surface area contributed by atoms with Crippen molar-refractivity contribution >= 4 is 29.0 Å². The minimum absolute atomic E-state index is 0.0405. The molecule has 25 heavy (non-hydrogen) atoms. The van der Waals surface area contributed by atoms with Crippen LogP contribution >= 0.6 is 11.8 Å². The number of nitro benzene ring substituents is 1. The van der Waals surface area contributed by atoms with Crippen LogP contribution in [0.15, 0.2) is 47.4 Å². The van der Waals surface area contributed by atoms with E-state index in [1.165, 1.54) is 31.7 Å². The number of rotatable bonds is 5. The van der Waals surface area contributed by atoms with Gasteiger partial charge in [0.2, 0.25) is 0 Å². The predicted octanol–water partition coefficient (Wildman–Crippen LogP) is 5.19. The number of hydrogen-bond donors (Lipinski definition) is 1. The highest BCUT2D eigenvalue weighted by molar-refractivity contribution is 8.00. The average molecular weight is 356 g/mol. The molecule has 1 N–H and O–H groups in total. The molecule has 0 radical (unpaired) electrons. The molecule has 1 saturated carbocycles. The Morgan fingerprint density at radius 3 is 2.60 bits per heavy atom. The van der Waals surface area contributed by atoms with Crippen LogP contribution in [0.4, 0.5) is 11.4 Å². The lowest BCUT2D eigenvalue weighted by Crippen LogP contribution is -2.15. The molecule has 1 aliphatic rings. The van der Waals surface area contributed by atoms with E-state index in [4.69, 9.17) is 0 Å². The molecule has 2 aromatic carbocycles. The number of anilines is 1. The Kier molecular flexibility index (Phi) is 5.38. The lowest BCUT2D eigenvalue weighted by atomic mass is 10.1. The number of hydrogen-bond acceptors (Lipinski definition) is 4. The summed E-state index contributed by atoms with van der Waals surface area (Å²) in [4.78, 5) is 24.3. The molecule has 0 aliphatic heterocycles. The number of thioether (sulfide) groups is 1. The molecule has 3 rings (SSSR count). The van der Waals surface area contributed by atoms with E-state index in [1.807, 2.05) is 24.3 Å². The van der Waals surface area contributed by atoms with Gasteiger partial charge in [-0.3, -0.25) is 14.9 Å². The second kappa shape index (κ2) is 7.70. The summed E-state index contributed by atoms with van der Waals surface area (Å²) in [5, 5.41) is 14.6. The van der Waals surface area contributed by atoms with Crippen LogP contribution in [0.5, 0.6) is 0 Å². The van der Waals surface area contributed by atoms with Crippen molar-refractivity contribution in [1.82, 2.24) is 0 Å². The van der Waals surface area contributed by atoms with Crippen LogP contribution < -0.4 is 5.32 Å². The third kappa shape index (κ3) is 4.02. The summed E-state index contributed by atoms with van der Waals surface area (Å²) in [7, 11) is 0. The fraction of sp³-hybridized carbons (Fsp3) is 0.316. The zero-order chi connectivity index (χ0) is 17.8. The molecule has 0 unspecified atom stereocenters. The molecular weight excluding hydrogens is 336 g/mol. The molecule has 0 atom stereocenters. The fourth-order valence-corrected chi connectivity index (χ4v) is 4.45. The van der Waals surface area contributed by atoms with Gasteiger partial charge < -0.3 is 5.32 Å². The first-order valence-corrected chi connectivity index (χ1v) is 9.25. The number of amides is 1. The van der Waals surface area contributed by atoms with Crippen molar-refractivity contribution in [1.29, 1.82) is 0 Å². The van der Waals surface area contributed by atoms with Gasteiger partial charge >= 0.3 is 0 Å². The SMILES string of the molecule is Cc1c(C(=O)Nc2ccccc2SC2CCCC2)cccc1[N+](=O)[O-]. The average Bonchev–Trinajstić information content (AvgIpc) is 3.09. The van der Waals surface area contributed by atoms with Crippen LogP contribution in [0.1, 0.15) is 41.6 Å². The van der Waals surface area contributed by atoms with E-state index in [9.17, 15) is 14.9 Å². The Hall–Kier alpha value is -2.34. The first-order chi connectivity index (χ1) is 12.1. The van der Waals surface area contributed by atoms with Gasteiger partial charge in [0.1, 0.15) is 0 Å². The molecule has 0 aromatic heterocycles. The standard InChI is InChI=1S/C19H20N2O3S/c1-13-15(9-6-11-17(13)21(23)24)19(22)20-16-10-4-5-12-18(16)25-14-7-2-3-8-14/h4-6,9-12,14H,2-3,7-8H2,1H3,(H,20,22). The summed E-state index contributed by atoms with van der Waals surface area (Å²) in [6.45, 7) is 1.60. The summed E-state index contributed by atoms with van der Waals surface area (Å²) < 4.78 is 0. The Morgan fingerprint density at radius 1 is 1.16 bits per heavy atom. The molecule has 1 fully saturated rings. The van der Waals surface area contributed by atoms with E-state index in [0.717, 1.165) is 10.6 Å². The van der Waals surface area contributed by atoms with Gasteiger partial charge in [-0.15, -0.1) is 11.8 Å². The summed E-state index contributed by atoms with van der Waals surface area (Å²) >= 11 is 1.80. The largest absolute Gasteiger partial charge is 0.321 e. The van der Waals surface area contributed by atoms with Gasteiger partial charge in [0.25, 0.3) is 11.6 Å². The van der Waals surface area contributed by atoms with Crippen LogP contribution in [-0.4, -0.2) is 16.1 Å². The highest BCUT2D eigenvalue weighted by Crippen LogP contribution is 2.38. The molecule has 2 aromatic rings. The molecule has 5 nitrogen and oxygen atoms in total. The third-order valence-electron chi connectivity index (χ3n) is 4.48. The van der Waals surface area contributed by atoms with Gasteiger partial charge in [-0.1, -0.05) is 31.0 Å². The van der Waals surface area contributed by atoms with Gasteiger partial charge in [-0.05, 0) is 38.0 Å². The summed E-state index contributed by atoms with van der Waals surface area (Å²) in [5.74, 6) is -0.319. The van der Waals surface area contributed by atoms with Crippen LogP contribution in [-0.2, 0) is 0 Å². The maximum Gasteiger partial charge on any atom is 0.273 e. The zero-order valence-electron chi connectivity index (χ0n) is 14.0. The number of nitro groups is 1. The molecule has 130 valence electrons. The number of nitrogens with one attached hydrogen (secondary N) is 1. The number of nitrogens with zero attached hydrogens (tertiary/aromatic N) is 1. The van der Waals surface area contributed by atoms with Crippen LogP contribution in [0.3, 0.4) is 0 Å². The van der Waals surface area contributed by atoms with Gasteiger partial charge in [0, 0.05) is 27.3 Å². The maximum absolute atomic E-state index is 12.7. The molecule has 0 saturated heterocycles. The minimum Gasteiger partial charge on any atom is -0.321 e. The van der Waals surface area contributed by atoms with Crippen molar-refractivity contribution in [2.75, 3.05) is 5.32 Å². The van der Waals surface area contributed by atoms with Crippen molar-refractivity contribution in [3.05, 3.63) is 63.7 Å². The van der Waals surface area contributed by atoms with E-state index in [1.54, 1.807) is 30.8 Å². The smallest absolute Gasteiger partial charge is 0.273 e.